The highest BCUT2D eigenvalue weighted by molar-refractivity contribution is 7.92. The number of carbonyl (C=O) groups excluding carboxylic acids is 1. The van der Waals surface area contributed by atoms with E-state index in [-0.39, 0.29) is 5.69 Å². The Balaban J connectivity index is 1.55. The highest BCUT2D eigenvalue weighted by Crippen LogP contribution is 2.21. The molecular weight excluding hydrogens is 469 g/mol. The number of halogens is 2. The third kappa shape index (κ3) is 7.30. The van der Waals surface area contributed by atoms with Crippen molar-refractivity contribution in [1.29, 1.82) is 0 Å². The van der Waals surface area contributed by atoms with E-state index < -0.39 is 28.3 Å². The van der Waals surface area contributed by atoms with Gasteiger partial charge in [0.25, 0.3) is 5.91 Å². The highest BCUT2D eigenvalue weighted by Gasteiger charge is 2.23. The van der Waals surface area contributed by atoms with Gasteiger partial charge in [0, 0.05) is 5.02 Å². The van der Waals surface area contributed by atoms with E-state index in [0.29, 0.717) is 27.2 Å². The Labute approximate surface area is 196 Å². The number of anilines is 1. The van der Waals surface area contributed by atoms with Crippen LogP contribution in [0.15, 0.2) is 77.9 Å². The van der Waals surface area contributed by atoms with Crippen molar-refractivity contribution in [3.05, 3.63) is 94.8 Å². The number of hydrogen-bond donors (Lipinski definition) is 1. The fourth-order valence-electron chi connectivity index (χ4n) is 2.78. The van der Waals surface area contributed by atoms with Crippen LogP contribution in [0.5, 0.6) is 5.75 Å². The summed E-state index contributed by atoms with van der Waals surface area (Å²) in [6, 6.07) is 19.6. The number of nitrogens with one attached hydrogen (secondary N) is 1. The second-order valence-corrected chi connectivity index (χ2v) is 9.34. The lowest BCUT2D eigenvalue weighted by atomic mass is 10.2. The van der Waals surface area contributed by atoms with Crippen molar-refractivity contribution in [2.75, 3.05) is 17.1 Å². The van der Waals surface area contributed by atoms with E-state index in [4.69, 9.17) is 16.3 Å². The lowest BCUT2D eigenvalue weighted by Crippen LogP contribution is -2.39. The quantitative estimate of drug-likeness (QED) is 0.364. The van der Waals surface area contributed by atoms with E-state index in [1.54, 1.807) is 36.4 Å². The van der Waals surface area contributed by atoms with Gasteiger partial charge < -0.3 is 4.74 Å². The van der Waals surface area contributed by atoms with Crippen LogP contribution in [-0.2, 0) is 21.4 Å². The van der Waals surface area contributed by atoms with Crippen molar-refractivity contribution in [3.8, 4) is 5.75 Å². The number of para-hydroxylation sites is 1. The molecule has 3 aromatic carbocycles. The lowest BCUT2D eigenvalue weighted by molar-refractivity contribution is -0.119. The predicted molar refractivity (Wildman–Crippen MR) is 127 cm³/mol. The Bertz CT molecular complexity index is 1230. The van der Waals surface area contributed by atoms with Crippen LogP contribution in [0.3, 0.4) is 0 Å². The summed E-state index contributed by atoms with van der Waals surface area (Å²) in [5.74, 6) is -0.819. The molecule has 1 N–H and O–H groups in total. The maximum atomic E-state index is 14.0. The van der Waals surface area contributed by atoms with Gasteiger partial charge in [0.2, 0.25) is 10.0 Å². The predicted octanol–water partition coefficient (Wildman–Crippen LogP) is 3.97. The van der Waals surface area contributed by atoms with Crippen molar-refractivity contribution < 1.29 is 22.3 Å². The molecule has 0 fully saturated rings. The molecule has 0 radical (unpaired) electrons. The smallest absolute Gasteiger partial charge is 0.260 e. The molecule has 7 nitrogen and oxygen atoms in total. The fourth-order valence-corrected chi connectivity index (χ4v) is 3.76. The number of carbonyl (C=O) groups is 1. The van der Waals surface area contributed by atoms with E-state index in [1.165, 1.54) is 24.4 Å². The van der Waals surface area contributed by atoms with Crippen LogP contribution in [0.25, 0.3) is 0 Å². The largest absolute Gasteiger partial charge is 0.489 e. The monoisotopic (exact) mass is 489 g/mol. The Hall–Kier alpha value is -3.43. The summed E-state index contributed by atoms with van der Waals surface area (Å²) in [5, 5.41) is 4.49. The summed E-state index contributed by atoms with van der Waals surface area (Å²) in [6.07, 6.45) is 2.29. The molecule has 0 atom stereocenters. The molecule has 0 aromatic heterocycles. The first-order valence-electron chi connectivity index (χ1n) is 9.74. The molecule has 172 valence electrons. The number of sulfonamides is 1. The first-order chi connectivity index (χ1) is 15.7. The van der Waals surface area contributed by atoms with Gasteiger partial charge in [-0.15, -0.1) is 0 Å². The van der Waals surface area contributed by atoms with Gasteiger partial charge in [0.1, 0.15) is 24.7 Å². The topological polar surface area (TPSA) is 88.1 Å². The van der Waals surface area contributed by atoms with Gasteiger partial charge >= 0.3 is 0 Å². The molecule has 0 heterocycles. The Morgan fingerprint density at radius 3 is 2.39 bits per heavy atom. The van der Waals surface area contributed by atoms with Gasteiger partial charge in [-0.2, -0.15) is 5.10 Å². The van der Waals surface area contributed by atoms with E-state index in [1.807, 2.05) is 12.1 Å². The Kier molecular flexibility index (Phi) is 8.02. The zero-order chi connectivity index (χ0) is 23.8. The lowest BCUT2D eigenvalue weighted by Gasteiger charge is -2.21. The molecule has 0 saturated carbocycles. The van der Waals surface area contributed by atoms with Crippen molar-refractivity contribution >= 4 is 39.4 Å². The molecule has 3 rings (SSSR count). The SMILES string of the molecule is CS(=O)(=O)N(CC(=O)N/N=C\c1ccc(OCc2ccc(Cl)cc2)cc1)c1ccccc1F. The highest BCUT2D eigenvalue weighted by atomic mass is 35.5. The summed E-state index contributed by atoms with van der Waals surface area (Å²) in [6.45, 7) is -0.228. The number of benzene rings is 3. The molecule has 0 aliphatic carbocycles. The molecule has 0 spiro atoms. The van der Waals surface area contributed by atoms with Gasteiger partial charge in [-0.05, 0) is 59.7 Å². The van der Waals surface area contributed by atoms with Gasteiger partial charge in [0.15, 0.2) is 0 Å². The molecule has 33 heavy (non-hydrogen) atoms. The first kappa shape index (κ1) is 24.2. The average molecular weight is 490 g/mol. The summed E-state index contributed by atoms with van der Waals surface area (Å²) in [4.78, 5) is 12.2. The van der Waals surface area contributed by atoms with Crippen LogP contribution in [0.4, 0.5) is 10.1 Å². The minimum absolute atomic E-state index is 0.215. The third-order valence-corrected chi connectivity index (χ3v) is 5.79. The van der Waals surface area contributed by atoms with Crippen LogP contribution in [0, 0.1) is 5.82 Å². The van der Waals surface area contributed by atoms with Crippen LogP contribution >= 0.6 is 11.6 Å². The van der Waals surface area contributed by atoms with Crippen molar-refractivity contribution in [2.24, 2.45) is 5.10 Å². The van der Waals surface area contributed by atoms with E-state index in [2.05, 4.69) is 10.5 Å². The number of rotatable bonds is 9. The minimum Gasteiger partial charge on any atom is -0.489 e. The molecule has 0 aliphatic rings. The molecule has 0 aliphatic heterocycles. The number of ether oxygens (including phenoxy) is 1. The normalized spacial score (nSPS) is 11.4. The molecule has 1 amide bonds. The summed E-state index contributed by atoms with van der Waals surface area (Å²) >= 11 is 5.86. The average Bonchev–Trinajstić information content (AvgIpc) is 2.78. The summed E-state index contributed by atoms with van der Waals surface area (Å²) in [7, 11) is -3.89. The number of hydrazone groups is 1. The third-order valence-electron chi connectivity index (χ3n) is 4.41. The molecule has 0 saturated heterocycles. The van der Waals surface area contributed by atoms with Gasteiger partial charge in [-0.25, -0.2) is 18.2 Å². The molecule has 10 heteroatoms. The molecule has 0 bridgehead atoms. The van der Waals surface area contributed by atoms with Gasteiger partial charge in [0.05, 0.1) is 18.2 Å². The first-order valence-corrected chi connectivity index (χ1v) is 12.0. The minimum atomic E-state index is -3.89. The summed E-state index contributed by atoms with van der Waals surface area (Å²) < 4.78 is 44.5. The Morgan fingerprint density at radius 2 is 1.76 bits per heavy atom. The molecule has 0 unspecified atom stereocenters. The van der Waals surface area contributed by atoms with Gasteiger partial charge in [-0.1, -0.05) is 35.9 Å². The van der Waals surface area contributed by atoms with Crippen LogP contribution in [0.1, 0.15) is 11.1 Å². The number of nitrogens with zero attached hydrogens (tertiary/aromatic N) is 2. The molecule has 3 aromatic rings. The molecular formula is C23H21ClFN3O4S. The second-order valence-electron chi connectivity index (χ2n) is 7.00. The number of amides is 1. The fraction of sp³-hybridized carbons (Fsp3) is 0.130. The maximum Gasteiger partial charge on any atom is 0.260 e. The Morgan fingerprint density at radius 1 is 1.09 bits per heavy atom. The second kappa shape index (κ2) is 10.9. The van der Waals surface area contributed by atoms with Crippen LogP contribution in [0.2, 0.25) is 5.02 Å². The van der Waals surface area contributed by atoms with E-state index in [0.717, 1.165) is 17.9 Å². The van der Waals surface area contributed by atoms with Crippen molar-refractivity contribution in [2.45, 2.75) is 6.61 Å². The van der Waals surface area contributed by atoms with Gasteiger partial charge in [-0.3, -0.25) is 9.10 Å². The van der Waals surface area contributed by atoms with Crippen LogP contribution < -0.4 is 14.5 Å². The van der Waals surface area contributed by atoms with E-state index in [9.17, 15) is 17.6 Å². The zero-order valence-electron chi connectivity index (χ0n) is 17.6. The van der Waals surface area contributed by atoms with Crippen LogP contribution in [-0.4, -0.2) is 33.3 Å². The van der Waals surface area contributed by atoms with Crippen molar-refractivity contribution in [3.63, 3.8) is 0 Å². The zero-order valence-corrected chi connectivity index (χ0v) is 19.2. The standard InChI is InChI=1S/C23H21ClFN3O4S/c1-33(30,31)28(22-5-3-2-4-21(22)25)15-23(29)27-26-14-17-8-12-20(13-9-17)32-16-18-6-10-19(24)11-7-18/h2-14H,15-16H2,1H3,(H,27,29)/b26-14-. The van der Waals surface area contributed by atoms with E-state index >= 15 is 0 Å². The summed E-state index contributed by atoms with van der Waals surface area (Å²) in [5.41, 5.74) is 3.70. The van der Waals surface area contributed by atoms with Crippen molar-refractivity contribution in [1.82, 2.24) is 5.43 Å². The maximum absolute atomic E-state index is 14.0. The number of hydrogen-bond acceptors (Lipinski definition) is 5.